The Balaban J connectivity index is 2.05. The van der Waals surface area contributed by atoms with Gasteiger partial charge in [0.1, 0.15) is 5.84 Å². The third kappa shape index (κ3) is 1.20. The molecule has 1 aromatic rings. The number of hydrogen-bond donors (Lipinski definition) is 1. The van der Waals surface area contributed by atoms with Crippen LogP contribution >= 0.6 is 11.6 Å². The molecule has 0 radical (unpaired) electrons. The smallest absolute Gasteiger partial charge is 0.293 e. The number of ether oxygens (including phenoxy) is 2. The Kier molecular flexibility index (Phi) is 2.88. The molecule has 7 heteroatoms. The van der Waals surface area contributed by atoms with Gasteiger partial charge in [-0.2, -0.15) is 10.5 Å². The summed E-state index contributed by atoms with van der Waals surface area (Å²) in [6.07, 6.45) is 0.499. The monoisotopic (exact) mass is 342 g/mol. The zero-order valence-electron chi connectivity index (χ0n) is 13.0. The molecule has 2 N–H and O–H groups in total. The number of nitrogens with two attached hydrogens (primary N) is 1. The van der Waals surface area contributed by atoms with E-state index in [0.29, 0.717) is 24.7 Å². The van der Waals surface area contributed by atoms with Crippen LogP contribution in [0.1, 0.15) is 18.9 Å². The minimum Gasteiger partial charge on any atom is -0.386 e. The maximum atomic E-state index is 10.2. The number of amidine groups is 1. The van der Waals surface area contributed by atoms with E-state index < -0.39 is 22.2 Å². The molecule has 1 aromatic carbocycles. The fourth-order valence-corrected chi connectivity index (χ4v) is 5.15. The van der Waals surface area contributed by atoms with Crippen LogP contribution in [0.4, 0.5) is 0 Å². The van der Waals surface area contributed by atoms with Gasteiger partial charge in [0.05, 0.1) is 30.8 Å². The highest BCUT2D eigenvalue weighted by atomic mass is 35.5. The van der Waals surface area contributed by atoms with Crippen LogP contribution in [0.2, 0.25) is 5.02 Å². The Morgan fingerprint density at radius 1 is 1.29 bits per heavy atom. The number of nitriles is 2. The van der Waals surface area contributed by atoms with Gasteiger partial charge >= 0.3 is 0 Å². The predicted octanol–water partition coefficient (Wildman–Crippen LogP) is 2.09. The van der Waals surface area contributed by atoms with Crippen molar-refractivity contribution in [2.45, 2.75) is 24.7 Å². The Bertz CT molecular complexity index is 851. The number of nitrogens with zero attached hydrogens (tertiary/aromatic N) is 3. The number of fused-ring (bicyclic) bond motifs is 2. The van der Waals surface area contributed by atoms with Crippen molar-refractivity contribution < 1.29 is 9.47 Å². The summed E-state index contributed by atoms with van der Waals surface area (Å²) in [6, 6.07) is 11.8. The predicted molar refractivity (Wildman–Crippen MR) is 85.8 cm³/mol. The van der Waals surface area contributed by atoms with Gasteiger partial charge in [-0.05, 0) is 24.1 Å². The van der Waals surface area contributed by atoms with E-state index in [9.17, 15) is 10.5 Å². The molecule has 0 bridgehead atoms. The highest BCUT2D eigenvalue weighted by Gasteiger charge is 3.01. The van der Waals surface area contributed by atoms with Crippen LogP contribution in [-0.4, -0.2) is 25.0 Å². The largest absolute Gasteiger partial charge is 0.386 e. The molecule has 24 heavy (non-hydrogen) atoms. The Morgan fingerprint density at radius 2 is 2.00 bits per heavy atom. The molecule has 0 aromatic heterocycles. The summed E-state index contributed by atoms with van der Waals surface area (Å²) in [5.74, 6) is -1.44. The average molecular weight is 343 g/mol. The molecule has 0 amide bonds. The highest BCUT2D eigenvalue weighted by Crippen LogP contribution is 2.86. The minimum atomic E-state index is -1.53. The number of hydrogen-bond acceptors (Lipinski definition) is 6. The molecule has 1 saturated heterocycles. The van der Waals surface area contributed by atoms with Crippen molar-refractivity contribution in [3.05, 3.63) is 34.9 Å². The van der Waals surface area contributed by atoms with E-state index in [0.717, 1.165) is 5.56 Å². The average Bonchev–Trinajstić information content (AvgIpc) is 2.79. The molecule has 1 aliphatic carbocycles. The van der Waals surface area contributed by atoms with E-state index >= 15 is 0 Å². The van der Waals surface area contributed by atoms with Crippen molar-refractivity contribution in [3.63, 3.8) is 0 Å². The van der Waals surface area contributed by atoms with E-state index in [1.165, 1.54) is 0 Å². The second-order valence-corrected chi connectivity index (χ2v) is 6.71. The van der Waals surface area contributed by atoms with Crippen molar-refractivity contribution in [1.82, 2.24) is 0 Å². The van der Waals surface area contributed by atoms with Crippen LogP contribution in [0.5, 0.6) is 0 Å². The summed E-state index contributed by atoms with van der Waals surface area (Å²) in [6.45, 7) is 2.53. The van der Waals surface area contributed by atoms with Crippen LogP contribution in [0.3, 0.4) is 0 Å². The lowest BCUT2D eigenvalue weighted by molar-refractivity contribution is -0.188. The van der Waals surface area contributed by atoms with Crippen LogP contribution in [0, 0.1) is 33.5 Å². The molecule has 3 aliphatic rings. The quantitative estimate of drug-likeness (QED) is 0.886. The Morgan fingerprint density at radius 3 is 2.54 bits per heavy atom. The topological polar surface area (TPSA) is 104 Å². The lowest BCUT2D eigenvalue weighted by Gasteiger charge is -2.31. The van der Waals surface area contributed by atoms with Gasteiger partial charge in [0.2, 0.25) is 0 Å². The third-order valence-corrected chi connectivity index (χ3v) is 6.00. The zero-order chi connectivity index (χ0) is 17.2. The first kappa shape index (κ1) is 15.4. The standard InChI is InChI=1S/C17H15ClN4O2/c1-2-14(11-4-3-5-12(18)8-11)15(9-19)13(21)22-17(16(14,15)10-20)23-6-7-24-17/h3-5,8H,2,6-7H2,1H3,(H2,21,22)/t14-,15+,16-/m1/s1. The Hall–Kier alpha value is -2.12. The molecule has 2 heterocycles. The fourth-order valence-electron chi connectivity index (χ4n) is 4.96. The molecular weight excluding hydrogens is 328 g/mol. The molecule has 1 saturated carbocycles. The second kappa shape index (κ2) is 4.49. The van der Waals surface area contributed by atoms with Gasteiger partial charge in [-0.1, -0.05) is 30.7 Å². The van der Waals surface area contributed by atoms with Crippen molar-refractivity contribution in [1.29, 1.82) is 10.5 Å². The SMILES string of the molecule is CC[C@@]1(c2cccc(Cl)c2)[C@]2(C#N)C(N)=NC3(OCCO3)[C@@]21C#N. The first-order valence-corrected chi connectivity index (χ1v) is 8.12. The maximum absolute atomic E-state index is 10.2. The fraction of sp³-hybridized carbons (Fsp3) is 0.471. The summed E-state index contributed by atoms with van der Waals surface area (Å²) >= 11 is 6.17. The Labute approximate surface area is 144 Å². The van der Waals surface area contributed by atoms with Crippen molar-refractivity contribution >= 4 is 17.4 Å². The summed E-state index contributed by atoms with van der Waals surface area (Å²) in [5.41, 5.74) is 3.46. The molecule has 3 atom stereocenters. The molecule has 2 aliphatic heterocycles. The summed E-state index contributed by atoms with van der Waals surface area (Å²) < 4.78 is 11.5. The molecule has 6 nitrogen and oxygen atoms in total. The number of halogens is 1. The first-order chi connectivity index (χ1) is 11.5. The van der Waals surface area contributed by atoms with Crippen molar-refractivity contribution in [3.8, 4) is 12.1 Å². The molecular formula is C17H15ClN4O2. The van der Waals surface area contributed by atoms with E-state index in [2.05, 4.69) is 17.1 Å². The zero-order valence-corrected chi connectivity index (χ0v) is 13.8. The molecule has 2 fully saturated rings. The van der Waals surface area contributed by atoms with Gasteiger partial charge in [0.25, 0.3) is 5.91 Å². The molecule has 4 rings (SSSR count). The maximum Gasteiger partial charge on any atom is 0.293 e. The van der Waals surface area contributed by atoms with E-state index in [-0.39, 0.29) is 5.84 Å². The van der Waals surface area contributed by atoms with E-state index in [4.69, 9.17) is 26.8 Å². The van der Waals surface area contributed by atoms with Crippen LogP contribution < -0.4 is 5.73 Å². The molecule has 0 unspecified atom stereocenters. The number of benzene rings is 1. The lowest BCUT2D eigenvalue weighted by atomic mass is 9.80. The van der Waals surface area contributed by atoms with Crippen molar-refractivity contribution in [2.24, 2.45) is 21.6 Å². The van der Waals surface area contributed by atoms with Gasteiger partial charge in [0.15, 0.2) is 10.8 Å². The number of rotatable bonds is 2. The van der Waals surface area contributed by atoms with E-state index in [1.807, 2.05) is 13.0 Å². The van der Waals surface area contributed by atoms with Gasteiger partial charge < -0.3 is 15.2 Å². The van der Waals surface area contributed by atoms with Crippen LogP contribution in [0.25, 0.3) is 0 Å². The first-order valence-electron chi connectivity index (χ1n) is 7.74. The third-order valence-electron chi connectivity index (χ3n) is 5.77. The lowest BCUT2D eigenvalue weighted by Crippen LogP contribution is -2.42. The van der Waals surface area contributed by atoms with E-state index in [1.54, 1.807) is 18.2 Å². The highest BCUT2D eigenvalue weighted by molar-refractivity contribution is 6.30. The van der Waals surface area contributed by atoms with Crippen LogP contribution in [0.15, 0.2) is 29.3 Å². The minimum absolute atomic E-state index is 0.0928. The molecule has 1 spiro atoms. The normalized spacial score (nSPS) is 38.2. The summed E-state index contributed by atoms with van der Waals surface area (Å²) in [4.78, 5) is 4.30. The van der Waals surface area contributed by atoms with Crippen LogP contribution in [-0.2, 0) is 14.9 Å². The van der Waals surface area contributed by atoms with Gasteiger partial charge in [-0.25, -0.2) is 4.99 Å². The second-order valence-electron chi connectivity index (χ2n) is 6.27. The van der Waals surface area contributed by atoms with Crippen molar-refractivity contribution in [2.75, 3.05) is 13.2 Å². The molecule has 122 valence electrons. The van der Waals surface area contributed by atoms with Gasteiger partial charge in [-0.3, -0.25) is 0 Å². The van der Waals surface area contributed by atoms with Gasteiger partial charge in [-0.15, -0.1) is 0 Å². The summed E-state index contributed by atoms with van der Waals surface area (Å²) in [5, 5.41) is 20.8. The van der Waals surface area contributed by atoms with Gasteiger partial charge in [0, 0.05) is 5.02 Å². The number of aliphatic imine (C=N–C) groups is 1. The summed E-state index contributed by atoms with van der Waals surface area (Å²) in [7, 11) is 0.